The number of nitrogens with zero attached hydrogens (tertiary/aromatic N) is 4. The Balaban J connectivity index is 1.60. The molecule has 1 spiro atoms. The number of nitrogens with two attached hydrogens (primary N) is 1. The van der Waals surface area contributed by atoms with Gasteiger partial charge in [-0.3, -0.25) is 4.79 Å². The molecule has 4 N–H and O–H groups in total. The first-order chi connectivity index (χ1) is 14.9. The first kappa shape index (κ1) is 20.1. The van der Waals surface area contributed by atoms with Crippen LogP contribution in [-0.2, 0) is 21.3 Å². The number of carbonyl (C=O) groups is 1. The van der Waals surface area contributed by atoms with Gasteiger partial charge in [0.25, 0.3) is 5.91 Å². The van der Waals surface area contributed by atoms with E-state index in [0.717, 1.165) is 43.2 Å². The number of hydrogen-bond acceptors (Lipinski definition) is 6. The number of amides is 1. The zero-order valence-electron chi connectivity index (χ0n) is 17.1. The van der Waals surface area contributed by atoms with Gasteiger partial charge in [-0.15, -0.1) is 0 Å². The van der Waals surface area contributed by atoms with E-state index in [0.29, 0.717) is 22.2 Å². The summed E-state index contributed by atoms with van der Waals surface area (Å²) in [6.07, 6.45) is 5.15. The fourth-order valence-corrected chi connectivity index (χ4v) is 5.22. The number of carbonyl (C=O) groups excluding carboxylic acids is 1. The van der Waals surface area contributed by atoms with Crippen molar-refractivity contribution in [2.24, 2.45) is 5.14 Å². The number of nitrogens with one attached hydrogen (secondary N) is 1. The average Bonchev–Trinajstić information content (AvgIpc) is 3.17. The van der Waals surface area contributed by atoms with Crippen LogP contribution in [0.3, 0.4) is 0 Å². The Morgan fingerprint density at radius 2 is 1.94 bits per heavy atom. The number of rotatable bonds is 3. The molecule has 1 amide bonds. The van der Waals surface area contributed by atoms with Crippen LogP contribution in [0, 0.1) is 0 Å². The standard InChI is InChI=1S/C21H24N6O3S/c1-26-18(28)16-11-13-12-23-20(24-14-5-7-15(8-6-14)31(22)30)25-17(13)27(16)21(19(26)29)9-3-2-4-10-21/h5-8,11-12,18,28H,2-4,9-10,22H2,1H3,(H,23,24,25). The van der Waals surface area contributed by atoms with E-state index in [4.69, 9.17) is 10.1 Å². The minimum Gasteiger partial charge on any atom is -0.368 e. The Hall–Kier alpha value is -2.82. The van der Waals surface area contributed by atoms with Crippen LogP contribution in [0.2, 0.25) is 0 Å². The highest BCUT2D eigenvalue weighted by Gasteiger charge is 2.50. The molecule has 162 valence electrons. The number of likely N-dealkylation sites (N-methyl/N-ethyl adjacent to an activating group) is 1. The lowest BCUT2D eigenvalue weighted by Gasteiger charge is -2.46. The topological polar surface area (TPSA) is 126 Å². The molecule has 1 fully saturated rings. The van der Waals surface area contributed by atoms with Gasteiger partial charge in [-0.25, -0.2) is 14.3 Å². The molecule has 3 heterocycles. The predicted molar refractivity (Wildman–Crippen MR) is 117 cm³/mol. The van der Waals surface area contributed by atoms with Crippen molar-refractivity contribution in [1.82, 2.24) is 19.4 Å². The number of aliphatic hydroxyl groups is 1. The molecule has 9 nitrogen and oxygen atoms in total. The van der Waals surface area contributed by atoms with E-state index in [1.54, 1.807) is 37.5 Å². The number of benzene rings is 1. The second kappa shape index (κ2) is 7.40. The summed E-state index contributed by atoms with van der Waals surface area (Å²) in [5.74, 6) is 0.310. The minimum absolute atomic E-state index is 0.0665. The maximum atomic E-state index is 13.3. The van der Waals surface area contributed by atoms with Crippen LogP contribution >= 0.6 is 0 Å². The smallest absolute Gasteiger partial charge is 0.250 e. The monoisotopic (exact) mass is 440 g/mol. The van der Waals surface area contributed by atoms with E-state index < -0.39 is 22.8 Å². The molecule has 1 aliphatic carbocycles. The first-order valence-corrected chi connectivity index (χ1v) is 11.5. The van der Waals surface area contributed by atoms with Gasteiger partial charge >= 0.3 is 0 Å². The maximum Gasteiger partial charge on any atom is 0.250 e. The van der Waals surface area contributed by atoms with Gasteiger partial charge in [-0.05, 0) is 43.2 Å². The molecule has 0 saturated heterocycles. The highest BCUT2D eigenvalue weighted by molar-refractivity contribution is 7.82. The number of fused-ring (bicyclic) bond motifs is 4. The Morgan fingerprint density at radius 1 is 1.23 bits per heavy atom. The highest BCUT2D eigenvalue weighted by Crippen LogP contribution is 2.45. The third-order valence-corrected chi connectivity index (χ3v) is 7.11. The molecule has 1 aromatic carbocycles. The summed E-state index contributed by atoms with van der Waals surface area (Å²) in [5.41, 5.74) is 1.30. The van der Waals surface area contributed by atoms with Gasteiger partial charge in [0.05, 0.1) is 10.6 Å². The molecule has 2 atom stereocenters. The Labute approximate surface area is 181 Å². The second-order valence-corrected chi connectivity index (χ2v) is 9.27. The van der Waals surface area contributed by atoms with Crippen LogP contribution in [0.1, 0.15) is 44.0 Å². The molecule has 1 aliphatic heterocycles. The van der Waals surface area contributed by atoms with E-state index >= 15 is 0 Å². The van der Waals surface area contributed by atoms with E-state index in [1.807, 2.05) is 10.6 Å². The molecular weight excluding hydrogens is 416 g/mol. The number of hydrogen-bond donors (Lipinski definition) is 3. The van der Waals surface area contributed by atoms with Gasteiger partial charge in [0.1, 0.15) is 22.2 Å². The summed E-state index contributed by atoms with van der Waals surface area (Å²) in [5, 5.41) is 20.1. The largest absolute Gasteiger partial charge is 0.368 e. The zero-order valence-corrected chi connectivity index (χ0v) is 17.9. The Bertz CT molecular complexity index is 1190. The Kier molecular flexibility index (Phi) is 4.80. The van der Waals surface area contributed by atoms with Gasteiger partial charge in [0.15, 0.2) is 6.23 Å². The van der Waals surface area contributed by atoms with Gasteiger partial charge in [0, 0.05) is 24.3 Å². The normalized spacial score (nSPS) is 21.3. The average molecular weight is 441 g/mol. The minimum atomic E-state index is -1.54. The third kappa shape index (κ3) is 3.13. The molecule has 1 saturated carbocycles. The van der Waals surface area contributed by atoms with Crippen molar-refractivity contribution in [1.29, 1.82) is 0 Å². The van der Waals surface area contributed by atoms with Gasteiger partial charge in [-0.2, -0.15) is 4.98 Å². The van der Waals surface area contributed by atoms with Crippen LogP contribution in [0.4, 0.5) is 11.6 Å². The molecule has 5 rings (SSSR count). The van der Waals surface area contributed by atoms with Crippen molar-refractivity contribution < 1.29 is 14.1 Å². The lowest BCUT2D eigenvalue weighted by atomic mass is 9.79. The van der Waals surface area contributed by atoms with Crippen molar-refractivity contribution in [2.45, 2.75) is 48.8 Å². The maximum absolute atomic E-state index is 13.3. The van der Waals surface area contributed by atoms with Crippen molar-refractivity contribution in [2.75, 3.05) is 12.4 Å². The molecule has 2 aromatic heterocycles. The van der Waals surface area contributed by atoms with Crippen LogP contribution in [0.15, 0.2) is 41.4 Å². The van der Waals surface area contributed by atoms with E-state index in [9.17, 15) is 14.1 Å². The summed E-state index contributed by atoms with van der Waals surface area (Å²) >= 11 is 0. The van der Waals surface area contributed by atoms with Crippen LogP contribution in [0.25, 0.3) is 11.0 Å². The molecule has 2 aliphatic rings. The molecule has 0 bridgehead atoms. The SMILES string of the molecule is CN1C(=O)C2(CCCCC2)n2c(cc3cnc(Nc4ccc(S(N)=O)cc4)nc32)C1O. The van der Waals surface area contributed by atoms with Crippen molar-refractivity contribution in [3.63, 3.8) is 0 Å². The van der Waals surface area contributed by atoms with Crippen molar-refractivity contribution in [3.05, 3.63) is 42.2 Å². The number of aromatic nitrogens is 3. The number of anilines is 2. The fraction of sp³-hybridized carbons (Fsp3) is 0.381. The second-order valence-electron chi connectivity index (χ2n) is 8.21. The van der Waals surface area contributed by atoms with E-state index in [1.165, 1.54) is 4.90 Å². The van der Waals surface area contributed by atoms with E-state index in [-0.39, 0.29) is 5.91 Å². The molecular formula is C21H24N6O3S. The lowest BCUT2D eigenvalue weighted by molar-refractivity contribution is -0.157. The predicted octanol–water partition coefficient (Wildman–Crippen LogP) is 2.28. The highest BCUT2D eigenvalue weighted by atomic mass is 32.2. The fourth-order valence-electron chi connectivity index (χ4n) is 4.82. The molecule has 10 heteroatoms. The zero-order chi connectivity index (χ0) is 21.8. The summed E-state index contributed by atoms with van der Waals surface area (Å²) in [4.78, 5) is 24.4. The van der Waals surface area contributed by atoms with Crippen LogP contribution in [0.5, 0.6) is 0 Å². The third-order valence-electron chi connectivity index (χ3n) is 6.37. The van der Waals surface area contributed by atoms with Gasteiger partial charge in [-0.1, -0.05) is 19.3 Å². The van der Waals surface area contributed by atoms with E-state index in [2.05, 4.69) is 10.3 Å². The van der Waals surface area contributed by atoms with Crippen LogP contribution < -0.4 is 10.5 Å². The van der Waals surface area contributed by atoms with Crippen molar-refractivity contribution in [3.8, 4) is 0 Å². The number of aliphatic hydroxyl groups excluding tert-OH is 1. The van der Waals surface area contributed by atoms with Crippen molar-refractivity contribution >= 4 is 39.6 Å². The molecule has 3 aromatic rings. The van der Waals surface area contributed by atoms with Gasteiger partial charge < -0.3 is 19.9 Å². The lowest BCUT2D eigenvalue weighted by Crippen LogP contribution is -2.56. The Morgan fingerprint density at radius 3 is 2.61 bits per heavy atom. The molecule has 31 heavy (non-hydrogen) atoms. The molecule has 2 unspecified atom stereocenters. The summed E-state index contributed by atoms with van der Waals surface area (Å²) in [6, 6.07) is 8.74. The summed E-state index contributed by atoms with van der Waals surface area (Å²) in [6.45, 7) is 0. The molecule has 0 radical (unpaired) electrons. The quantitative estimate of drug-likeness (QED) is 0.574. The first-order valence-electron chi connectivity index (χ1n) is 10.3. The summed E-state index contributed by atoms with van der Waals surface area (Å²) in [7, 11) is 0.117. The van der Waals surface area contributed by atoms with Gasteiger partial charge in [0.2, 0.25) is 5.95 Å². The van der Waals surface area contributed by atoms with Crippen LogP contribution in [-0.4, -0.2) is 41.7 Å². The summed E-state index contributed by atoms with van der Waals surface area (Å²) < 4.78 is 13.3.